The number of hydrogen-bond acceptors (Lipinski definition) is 5. The predicted octanol–water partition coefficient (Wildman–Crippen LogP) is 3.32. The Morgan fingerprint density at radius 2 is 2.26 bits per heavy atom. The van der Waals surface area contributed by atoms with Crippen LogP contribution < -0.4 is 16.0 Å². The number of amides is 1. The highest BCUT2D eigenvalue weighted by Crippen LogP contribution is 2.38. The average Bonchev–Trinajstić information content (AvgIpc) is 3.05. The quantitative estimate of drug-likeness (QED) is 0.567. The molecule has 0 saturated carbocycles. The number of halogens is 2. The van der Waals surface area contributed by atoms with Gasteiger partial charge in [-0.2, -0.15) is 0 Å². The van der Waals surface area contributed by atoms with Gasteiger partial charge in [0.15, 0.2) is 0 Å². The van der Waals surface area contributed by atoms with Crippen molar-refractivity contribution < 1.29 is 4.79 Å². The average molecular weight is 452 g/mol. The van der Waals surface area contributed by atoms with Gasteiger partial charge >= 0.3 is 0 Å². The summed E-state index contributed by atoms with van der Waals surface area (Å²) in [6.45, 7) is 1.70. The third-order valence-electron chi connectivity index (χ3n) is 4.58. The summed E-state index contributed by atoms with van der Waals surface area (Å²) in [6, 6.07) is 3.62. The van der Waals surface area contributed by atoms with Crippen molar-refractivity contribution >= 4 is 56.7 Å². The van der Waals surface area contributed by atoms with E-state index in [1.165, 1.54) is 0 Å². The van der Waals surface area contributed by atoms with Crippen molar-refractivity contribution in [2.45, 2.75) is 18.9 Å². The Morgan fingerprint density at radius 3 is 3.00 bits per heavy atom. The van der Waals surface area contributed by atoms with E-state index in [2.05, 4.69) is 41.1 Å². The lowest BCUT2D eigenvalue weighted by Crippen LogP contribution is -2.43. The van der Waals surface area contributed by atoms with Crippen LogP contribution in [0.3, 0.4) is 0 Å². The van der Waals surface area contributed by atoms with Crippen molar-refractivity contribution in [3.63, 3.8) is 0 Å². The van der Waals surface area contributed by atoms with Crippen LogP contribution in [0.25, 0.3) is 11.0 Å². The maximum Gasteiger partial charge on any atom is 0.257 e. The highest BCUT2D eigenvalue weighted by Gasteiger charge is 2.24. The Balaban J connectivity index is 0.00000210. The molecule has 27 heavy (non-hydrogen) atoms. The van der Waals surface area contributed by atoms with Gasteiger partial charge in [0.05, 0.1) is 26.8 Å². The lowest BCUT2D eigenvalue weighted by molar-refractivity contribution is 0.102. The molecular formula is C18H20BrClN6O. The monoisotopic (exact) mass is 450 g/mol. The maximum absolute atomic E-state index is 12.5. The van der Waals surface area contributed by atoms with E-state index in [1.54, 1.807) is 36.9 Å². The molecule has 0 spiro atoms. The van der Waals surface area contributed by atoms with Crippen molar-refractivity contribution in [2.75, 3.05) is 23.3 Å². The molecule has 1 aliphatic rings. The largest absolute Gasteiger partial charge is 0.368 e. The molecule has 0 bridgehead atoms. The second kappa shape index (κ2) is 8.24. The van der Waals surface area contributed by atoms with E-state index in [4.69, 9.17) is 5.73 Å². The second-order valence-corrected chi connectivity index (χ2v) is 7.28. The molecule has 1 atom stereocenters. The number of nitrogens with one attached hydrogen (secondary N) is 2. The van der Waals surface area contributed by atoms with Crippen molar-refractivity contribution in [1.29, 1.82) is 0 Å². The third kappa shape index (κ3) is 3.92. The van der Waals surface area contributed by atoms with Crippen LogP contribution in [0.15, 0.2) is 41.4 Å². The van der Waals surface area contributed by atoms with Crippen LogP contribution in [0.4, 0.5) is 11.4 Å². The molecule has 0 aromatic carbocycles. The van der Waals surface area contributed by atoms with Gasteiger partial charge in [-0.3, -0.25) is 9.78 Å². The topological polar surface area (TPSA) is 99.9 Å². The van der Waals surface area contributed by atoms with E-state index in [0.29, 0.717) is 11.3 Å². The zero-order valence-electron chi connectivity index (χ0n) is 14.5. The zero-order chi connectivity index (χ0) is 18.1. The Kier molecular flexibility index (Phi) is 5.98. The number of carbonyl (C=O) groups is 1. The molecule has 4 rings (SSSR count). The highest BCUT2D eigenvalue weighted by atomic mass is 79.9. The smallest absolute Gasteiger partial charge is 0.257 e. The predicted molar refractivity (Wildman–Crippen MR) is 113 cm³/mol. The molecule has 0 aliphatic carbocycles. The van der Waals surface area contributed by atoms with Crippen LogP contribution in [-0.2, 0) is 0 Å². The lowest BCUT2D eigenvalue weighted by Gasteiger charge is -2.33. The van der Waals surface area contributed by atoms with Crippen molar-refractivity contribution in [3.8, 4) is 0 Å². The Morgan fingerprint density at radius 1 is 1.41 bits per heavy atom. The first-order valence-electron chi connectivity index (χ1n) is 8.51. The van der Waals surface area contributed by atoms with Crippen LogP contribution in [-0.4, -0.2) is 40.0 Å². The van der Waals surface area contributed by atoms with Crippen LogP contribution in [0.2, 0.25) is 0 Å². The highest BCUT2D eigenvalue weighted by molar-refractivity contribution is 9.10. The minimum Gasteiger partial charge on any atom is -0.368 e. The number of rotatable bonds is 3. The first kappa shape index (κ1) is 19.6. The summed E-state index contributed by atoms with van der Waals surface area (Å²) >= 11 is 3.62. The van der Waals surface area contributed by atoms with Gasteiger partial charge in [-0.15, -0.1) is 12.4 Å². The molecule has 0 radical (unpaired) electrons. The molecule has 9 heteroatoms. The summed E-state index contributed by atoms with van der Waals surface area (Å²) in [5.74, 6) is -0.208. The second-order valence-electron chi connectivity index (χ2n) is 6.42. The number of aromatic amines is 1. The zero-order valence-corrected chi connectivity index (χ0v) is 16.9. The van der Waals surface area contributed by atoms with Crippen LogP contribution in [0.5, 0.6) is 0 Å². The van der Waals surface area contributed by atoms with Crippen LogP contribution >= 0.6 is 28.3 Å². The molecule has 7 nitrogen and oxygen atoms in total. The molecule has 1 fully saturated rings. The molecule has 3 aromatic heterocycles. The summed E-state index contributed by atoms with van der Waals surface area (Å²) in [5.41, 5.74) is 9.10. The molecule has 142 valence electrons. The number of nitrogens with two attached hydrogens (primary N) is 1. The molecule has 1 saturated heterocycles. The van der Waals surface area contributed by atoms with Gasteiger partial charge in [-0.25, -0.2) is 4.98 Å². The fraction of sp³-hybridized carbons (Fsp3) is 0.278. The summed E-state index contributed by atoms with van der Waals surface area (Å²) in [4.78, 5) is 26.4. The number of pyridine rings is 2. The number of anilines is 2. The van der Waals surface area contributed by atoms with Gasteiger partial charge in [0.25, 0.3) is 5.91 Å². The van der Waals surface area contributed by atoms with E-state index in [1.807, 2.05) is 0 Å². The van der Waals surface area contributed by atoms with Crippen LogP contribution in [0.1, 0.15) is 23.2 Å². The fourth-order valence-electron chi connectivity index (χ4n) is 3.37. The van der Waals surface area contributed by atoms with Crippen molar-refractivity contribution in [2.24, 2.45) is 5.73 Å². The minimum absolute atomic E-state index is 0. The molecule has 0 unspecified atom stereocenters. The molecule has 1 amide bonds. The Labute approximate surface area is 171 Å². The standard InChI is InChI=1S/C18H19BrN6O.ClH/c19-13-8-22-17-15(16(13)25-6-2-4-12(20)10-25)14(9-23-17)24-18(26)11-3-1-5-21-7-11;/h1,3,5,7-9,12H,2,4,6,10,20H2,(H,22,23)(H,24,26);1H/t12-;/m0./s1. The normalized spacial score (nSPS) is 16.8. The number of aromatic nitrogens is 3. The molecule has 3 aromatic rings. The molecule has 1 aliphatic heterocycles. The minimum atomic E-state index is -0.208. The van der Waals surface area contributed by atoms with Gasteiger partial charge in [-0.1, -0.05) is 0 Å². The number of H-pyrrole nitrogens is 1. The van der Waals surface area contributed by atoms with Gasteiger partial charge in [0.1, 0.15) is 5.65 Å². The van der Waals surface area contributed by atoms with Crippen molar-refractivity contribution in [3.05, 3.63) is 47.0 Å². The maximum atomic E-state index is 12.5. The van der Waals surface area contributed by atoms with Gasteiger partial charge in [-0.05, 0) is 40.9 Å². The molecular weight excluding hydrogens is 432 g/mol. The van der Waals surface area contributed by atoms with Gasteiger partial charge < -0.3 is 20.9 Å². The Hall–Kier alpha value is -2.16. The van der Waals surface area contributed by atoms with E-state index < -0.39 is 0 Å². The SMILES string of the molecule is Cl.N[C@H]1CCCN(c2c(Br)cnc3[nH]cc(NC(=O)c4cccnc4)c23)C1. The van der Waals surface area contributed by atoms with Crippen molar-refractivity contribution in [1.82, 2.24) is 15.0 Å². The number of nitrogens with zero attached hydrogens (tertiary/aromatic N) is 3. The summed E-state index contributed by atoms with van der Waals surface area (Å²) in [7, 11) is 0. The number of carbonyl (C=O) groups excluding carboxylic acids is 1. The van der Waals surface area contributed by atoms with E-state index in [0.717, 1.165) is 47.1 Å². The molecule has 4 heterocycles. The Bertz CT molecular complexity index is 948. The number of hydrogen-bond donors (Lipinski definition) is 3. The number of piperidine rings is 1. The summed E-state index contributed by atoms with van der Waals surface area (Å²) in [6.07, 6.45) is 8.80. The van der Waals surface area contributed by atoms with E-state index in [9.17, 15) is 4.79 Å². The lowest BCUT2D eigenvalue weighted by atomic mass is 10.1. The van der Waals surface area contributed by atoms with E-state index in [-0.39, 0.29) is 24.4 Å². The molecule has 4 N–H and O–H groups in total. The summed E-state index contributed by atoms with van der Waals surface area (Å²) < 4.78 is 0.885. The van der Waals surface area contributed by atoms with E-state index >= 15 is 0 Å². The third-order valence-corrected chi connectivity index (χ3v) is 5.16. The number of fused-ring (bicyclic) bond motifs is 1. The first-order chi connectivity index (χ1) is 12.6. The van der Waals surface area contributed by atoms with Gasteiger partial charge in [0.2, 0.25) is 0 Å². The first-order valence-corrected chi connectivity index (χ1v) is 9.30. The van der Waals surface area contributed by atoms with Gasteiger partial charge in [0, 0.05) is 43.9 Å². The fourth-order valence-corrected chi connectivity index (χ4v) is 3.92. The summed E-state index contributed by atoms with van der Waals surface area (Å²) in [5, 5.41) is 3.85. The van der Waals surface area contributed by atoms with Crippen LogP contribution in [0, 0.1) is 0 Å².